The zero-order valence-corrected chi connectivity index (χ0v) is 17.3. The van der Waals surface area contributed by atoms with Gasteiger partial charge in [0.25, 0.3) is 0 Å². The molecule has 0 aliphatic carbocycles. The Hall–Kier alpha value is -1.72. The summed E-state index contributed by atoms with van der Waals surface area (Å²) < 4.78 is 44.5. The third-order valence-electron chi connectivity index (χ3n) is 5.23. The van der Waals surface area contributed by atoms with Gasteiger partial charge in [-0.25, -0.2) is 13.1 Å². The van der Waals surface area contributed by atoms with Crippen molar-refractivity contribution in [1.29, 1.82) is 0 Å². The van der Waals surface area contributed by atoms with Gasteiger partial charge in [0.15, 0.2) is 0 Å². The summed E-state index contributed by atoms with van der Waals surface area (Å²) in [5, 5.41) is 9.73. The zero-order valence-electron chi connectivity index (χ0n) is 16.5. The summed E-state index contributed by atoms with van der Waals surface area (Å²) in [7, 11) is -2.45. The van der Waals surface area contributed by atoms with Crippen LogP contribution in [-0.4, -0.2) is 82.6 Å². The highest BCUT2D eigenvalue weighted by atomic mass is 32.2. The Labute approximate surface area is 171 Å². The lowest BCUT2D eigenvalue weighted by Crippen LogP contribution is -2.51. The van der Waals surface area contributed by atoms with Crippen molar-refractivity contribution in [2.75, 3.05) is 40.0 Å². The van der Waals surface area contributed by atoms with Crippen LogP contribution < -0.4 is 9.46 Å². The van der Waals surface area contributed by atoms with Crippen LogP contribution in [0.25, 0.3) is 0 Å². The Morgan fingerprint density at radius 3 is 2.69 bits per heavy atom. The minimum absolute atomic E-state index is 0.0111. The lowest BCUT2D eigenvalue weighted by molar-refractivity contribution is -0.143. The van der Waals surface area contributed by atoms with Crippen LogP contribution in [0.4, 0.5) is 0 Å². The van der Waals surface area contributed by atoms with Gasteiger partial charge in [-0.15, -0.1) is 0 Å². The van der Waals surface area contributed by atoms with E-state index in [0.717, 1.165) is 0 Å². The van der Waals surface area contributed by atoms with Crippen LogP contribution in [0.5, 0.6) is 5.75 Å². The van der Waals surface area contributed by atoms with Crippen molar-refractivity contribution in [3.05, 3.63) is 24.3 Å². The van der Waals surface area contributed by atoms with E-state index in [1.54, 1.807) is 23.1 Å². The molecule has 0 aromatic heterocycles. The predicted molar refractivity (Wildman–Crippen MR) is 104 cm³/mol. The molecule has 2 aliphatic heterocycles. The highest BCUT2D eigenvalue weighted by molar-refractivity contribution is 7.89. The van der Waals surface area contributed by atoms with Crippen molar-refractivity contribution in [2.45, 2.75) is 42.4 Å². The summed E-state index contributed by atoms with van der Waals surface area (Å²) in [5.41, 5.74) is 0. The number of hydrogen-bond acceptors (Lipinski definition) is 7. The van der Waals surface area contributed by atoms with Crippen LogP contribution >= 0.6 is 0 Å². The minimum atomic E-state index is -3.86. The maximum Gasteiger partial charge on any atom is 0.244 e. The molecule has 29 heavy (non-hydrogen) atoms. The smallest absolute Gasteiger partial charge is 0.244 e. The molecule has 9 nitrogen and oxygen atoms in total. The van der Waals surface area contributed by atoms with Crippen LogP contribution in [0.3, 0.4) is 0 Å². The minimum Gasteiger partial charge on any atom is -0.495 e. The second-order valence-corrected chi connectivity index (χ2v) is 8.81. The third-order valence-corrected chi connectivity index (χ3v) is 6.76. The van der Waals surface area contributed by atoms with Crippen molar-refractivity contribution < 1.29 is 32.5 Å². The molecule has 3 atom stereocenters. The number of nitrogens with zero attached hydrogens (tertiary/aromatic N) is 1. The molecule has 2 N–H and O–H groups in total. The Balaban J connectivity index is 1.61. The average Bonchev–Trinajstić information content (AvgIpc) is 2.75. The molecule has 0 unspecified atom stereocenters. The molecule has 3 rings (SSSR count). The first-order valence-corrected chi connectivity index (χ1v) is 11.2. The SMILES string of the molecule is COc1ccccc1S(=O)(=O)N[C@H]1CC[C@@H](CC(=O)N2CCOCC2)O[C@@H]1CO. The summed E-state index contributed by atoms with van der Waals surface area (Å²) in [6.07, 6.45) is 0.111. The van der Waals surface area contributed by atoms with Crippen LogP contribution in [-0.2, 0) is 24.3 Å². The topological polar surface area (TPSA) is 114 Å². The summed E-state index contributed by atoms with van der Waals surface area (Å²) in [4.78, 5) is 14.2. The molecule has 1 aromatic rings. The van der Waals surface area contributed by atoms with Crippen molar-refractivity contribution in [3.8, 4) is 5.75 Å². The number of para-hydroxylation sites is 1. The number of ether oxygens (including phenoxy) is 3. The van der Waals surface area contributed by atoms with Gasteiger partial charge in [0.1, 0.15) is 10.6 Å². The third kappa shape index (κ3) is 5.46. The highest BCUT2D eigenvalue weighted by Gasteiger charge is 2.36. The molecule has 1 amide bonds. The molecule has 1 aromatic carbocycles. The summed E-state index contributed by atoms with van der Waals surface area (Å²) in [6, 6.07) is 5.75. The maximum atomic E-state index is 12.8. The maximum absolute atomic E-state index is 12.8. The Kier molecular flexibility index (Phi) is 7.47. The first-order chi connectivity index (χ1) is 13.9. The number of sulfonamides is 1. The van der Waals surface area contributed by atoms with E-state index in [1.807, 2.05) is 0 Å². The van der Waals surface area contributed by atoms with Gasteiger partial charge in [0.05, 0.1) is 51.6 Å². The lowest BCUT2D eigenvalue weighted by Gasteiger charge is -2.36. The standard InChI is InChI=1S/C19H28N2O7S/c1-26-16-4-2-3-5-18(16)29(24,25)20-15-7-6-14(28-17(15)13-22)12-19(23)21-8-10-27-11-9-21/h2-5,14-15,17,20,22H,6-13H2,1H3/t14-,15-,17+/m0/s1. The first kappa shape index (κ1) is 22.0. The summed E-state index contributed by atoms with van der Waals surface area (Å²) in [5.74, 6) is 0.231. The number of carbonyl (C=O) groups excluding carboxylic acids is 1. The fourth-order valence-electron chi connectivity index (χ4n) is 3.66. The van der Waals surface area contributed by atoms with Gasteiger partial charge >= 0.3 is 0 Å². The molecule has 2 fully saturated rings. The molecule has 10 heteroatoms. The van der Waals surface area contributed by atoms with E-state index in [4.69, 9.17) is 14.2 Å². The van der Waals surface area contributed by atoms with Crippen LogP contribution in [0.2, 0.25) is 0 Å². The molecule has 162 valence electrons. The van der Waals surface area contributed by atoms with E-state index in [9.17, 15) is 18.3 Å². The number of morpholine rings is 1. The number of methoxy groups -OCH3 is 1. The average molecular weight is 429 g/mol. The summed E-state index contributed by atoms with van der Waals surface area (Å²) in [6.45, 7) is 1.85. The van der Waals surface area contributed by atoms with Gasteiger partial charge in [-0.2, -0.15) is 0 Å². The molecule has 0 saturated carbocycles. The van der Waals surface area contributed by atoms with Crippen molar-refractivity contribution in [1.82, 2.24) is 9.62 Å². The Bertz CT molecular complexity index is 796. The number of aliphatic hydroxyl groups excluding tert-OH is 1. The van der Waals surface area contributed by atoms with E-state index in [2.05, 4.69) is 4.72 Å². The molecular formula is C19H28N2O7S. The normalized spacial score (nSPS) is 25.6. The first-order valence-electron chi connectivity index (χ1n) is 9.72. The summed E-state index contributed by atoms with van der Waals surface area (Å²) >= 11 is 0. The number of hydrogen-bond donors (Lipinski definition) is 2. The molecule has 0 radical (unpaired) electrons. The van der Waals surface area contributed by atoms with Crippen molar-refractivity contribution in [2.24, 2.45) is 0 Å². The van der Waals surface area contributed by atoms with E-state index < -0.39 is 22.2 Å². The number of amides is 1. The number of carbonyl (C=O) groups is 1. The number of benzene rings is 1. The lowest BCUT2D eigenvalue weighted by atomic mass is 9.97. The van der Waals surface area contributed by atoms with Gasteiger partial charge in [0.2, 0.25) is 15.9 Å². The second-order valence-electron chi connectivity index (χ2n) is 7.13. The van der Waals surface area contributed by atoms with Gasteiger partial charge in [-0.1, -0.05) is 12.1 Å². The van der Waals surface area contributed by atoms with E-state index in [-0.39, 0.29) is 35.7 Å². The fourth-order valence-corrected chi connectivity index (χ4v) is 5.13. The zero-order chi connectivity index (χ0) is 20.9. The van der Waals surface area contributed by atoms with Gasteiger partial charge in [-0.05, 0) is 25.0 Å². The van der Waals surface area contributed by atoms with Gasteiger partial charge in [-0.3, -0.25) is 4.79 Å². The van der Waals surface area contributed by atoms with Crippen LogP contribution in [0, 0.1) is 0 Å². The Morgan fingerprint density at radius 2 is 2.00 bits per heavy atom. The van der Waals surface area contributed by atoms with Crippen LogP contribution in [0.1, 0.15) is 19.3 Å². The molecule has 0 bridgehead atoms. The predicted octanol–water partition coefficient (Wildman–Crippen LogP) is 0.131. The second kappa shape index (κ2) is 9.86. The van der Waals surface area contributed by atoms with Crippen molar-refractivity contribution in [3.63, 3.8) is 0 Å². The number of rotatable bonds is 7. The monoisotopic (exact) mass is 428 g/mol. The van der Waals surface area contributed by atoms with Gasteiger partial charge < -0.3 is 24.2 Å². The largest absolute Gasteiger partial charge is 0.495 e. The molecule has 2 heterocycles. The molecule has 2 aliphatic rings. The number of nitrogens with one attached hydrogen (secondary N) is 1. The van der Waals surface area contributed by atoms with E-state index in [0.29, 0.717) is 39.1 Å². The Morgan fingerprint density at radius 1 is 1.28 bits per heavy atom. The van der Waals surface area contributed by atoms with E-state index in [1.165, 1.54) is 13.2 Å². The quantitative estimate of drug-likeness (QED) is 0.634. The molecule has 2 saturated heterocycles. The molecule has 0 spiro atoms. The molecular weight excluding hydrogens is 400 g/mol. The fraction of sp³-hybridized carbons (Fsp3) is 0.632. The number of aliphatic hydroxyl groups is 1. The van der Waals surface area contributed by atoms with Crippen LogP contribution in [0.15, 0.2) is 29.2 Å². The van der Waals surface area contributed by atoms with E-state index >= 15 is 0 Å². The highest BCUT2D eigenvalue weighted by Crippen LogP contribution is 2.27. The van der Waals surface area contributed by atoms with Gasteiger partial charge in [0, 0.05) is 13.1 Å². The van der Waals surface area contributed by atoms with Crippen molar-refractivity contribution >= 4 is 15.9 Å².